The van der Waals surface area contributed by atoms with E-state index in [9.17, 15) is 4.79 Å². The lowest BCUT2D eigenvalue weighted by molar-refractivity contribution is -0.113. The highest BCUT2D eigenvalue weighted by molar-refractivity contribution is 8.27. The molecule has 2 heterocycles. The number of anilines is 2. The molecule has 1 saturated heterocycles. The summed E-state index contributed by atoms with van der Waals surface area (Å²) in [6.45, 7) is 6.64. The molecule has 3 aromatic carbocycles. The standard InChI is InChI=1S/C28H26N2O4S2/c1-3-29(4-2)21-11-10-20(24(15-21)32-17-19-8-6-5-7-9-19)14-26-27(31)30(28(35)36-26)22-12-13-23-25(16-22)34-18-33-23/h5-16H,3-4,17-18H2,1-2H3/b26-14+. The van der Waals surface area contributed by atoms with Crippen molar-refractivity contribution in [2.45, 2.75) is 20.5 Å². The van der Waals surface area contributed by atoms with Crippen LogP contribution >= 0.6 is 24.0 Å². The first-order chi connectivity index (χ1) is 17.6. The van der Waals surface area contributed by atoms with Gasteiger partial charge in [0, 0.05) is 36.5 Å². The molecule has 0 aromatic heterocycles. The van der Waals surface area contributed by atoms with Gasteiger partial charge in [0.05, 0.1) is 10.6 Å². The molecule has 184 valence electrons. The summed E-state index contributed by atoms with van der Waals surface area (Å²) in [6, 6.07) is 21.5. The number of carbonyl (C=O) groups excluding carboxylic acids is 1. The van der Waals surface area contributed by atoms with Gasteiger partial charge in [-0.1, -0.05) is 54.3 Å². The van der Waals surface area contributed by atoms with Gasteiger partial charge in [0.2, 0.25) is 6.79 Å². The fourth-order valence-corrected chi connectivity index (χ4v) is 5.43. The lowest BCUT2D eigenvalue weighted by Crippen LogP contribution is -2.27. The van der Waals surface area contributed by atoms with Crippen molar-refractivity contribution in [2.75, 3.05) is 29.7 Å². The molecule has 1 amide bonds. The van der Waals surface area contributed by atoms with E-state index in [0.717, 1.165) is 35.7 Å². The number of benzene rings is 3. The van der Waals surface area contributed by atoms with E-state index in [1.807, 2.05) is 54.6 Å². The Kier molecular flexibility index (Phi) is 7.16. The van der Waals surface area contributed by atoms with E-state index >= 15 is 0 Å². The average Bonchev–Trinajstić information content (AvgIpc) is 3.48. The summed E-state index contributed by atoms with van der Waals surface area (Å²) in [4.78, 5) is 17.7. The van der Waals surface area contributed by atoms with Gasteiger partial charge < -0.3 is 19.1 Å². The Bertz CT molecular complexity index is 1320. The van der Waals surface area contributed by atoms with Gasteiger partial charge in [-0.2, -0.15) is 0 Å². The second kappa shape index (κ2) is 10.6. The van der Waals surface area contributed by atoms with Crippen LogP contribution in [0.1, 0.15) is 25.0 Å². The topological polar surface area (TPSA) is 51.2 Å². The Balaban J connectivity index is 1.45. The highest BCUT2D eigenvalue weighted by Crippen LogP contribution is 2.41. The highest BCUT2D eigenvalue weighted by Gasteiger charge is 2.34. The average molecular weight is 519 g/mol. The minimum Gasteiger partial charge on any atom is -0.488 e. The smallest absolute Gasteiger partial charge is 0.270 e. The zero-order valence-electron chi connectivity index (χ0n) is 20.1. The maximum absolute atomic E-state index is 13.4. The van der Waals surface area contributed by atoms with Crippen molar-refractivity contribution in [3.05, 3.63) is 82.8 Å². The SMILES string of the molecule is CCN(CC)c1ccc(/C=C2/SC(=S)N(c3ccc4c(c3)OCO4)C2=O)c(OCc2ccccc2)c1. The first-order valence-electron chi connectivity index (χ1n) is 11.8. The molecule has 3 aromatic rings. The van der Waals surface area contributed by atoms with Crippen LogP contribution in [0.5, 0.6) is 17.2 Å². The number of ether oxygens (including phenoxy) is 3. The molecule has 5 rings (SSSR count). The Morgan fingerprint density at radius 1 is 1.03 bits per heavy atom. The van der Waals surface area contributed by atoms with Crippen LogP contribution in [0.15, 0.2) is 71.6 Å². The van der Waals surface area contributed by atoms with Crippen LogP contribution in [-0.4, -0.2) is 30.1 Å². The third-order valence-corrected chi connectivity index (χ3v) is 7.36. The Morgan fingerprint density at radius 2 is 1.81 bits per heavy atom. The van der Waals surface area contributed by atoms with Gasteiger partial charge in [-0.15, -0.1) is 0 Å². The number of rotatable bonds is 8. The molecule has 2 aliphatic rings. The molecule has 1 fully saturated rings. The van der Waals surface area contributed by atoms with E-state index in [1.165, 1.54) is 16.7 Å². The zero-order valence-corrected chi connectivity index (χ0v) is 21.7. The normalized spacial score (nSPS) is 15.6. The molecule has 0 radical (unpaired) electrons. The fraction of sp³-hybridized carbons (Fsp3) is 0.214. The number of thiocarbonyl (C=S) groups is 1. The van der Waals surface area contributed by atoms with Crippen LogP contribution in [0.4, 0.5) is 11.4 Å². The molecule has 8 heteroatoms. The van der Waals surface area contributed by atoms with Gasteiger partial charge in [-0.25, -0.2) is 0 Å². The summed E-state index contributed by atoms with van der Waals surface area (Å²) in [7, 11) is 0. The Morgan fingerprint density at radius 3 is 2.58 bits per heavy atom. The van der Waals surface area contributed by atoms with Gasteiger partial charge in [0.25, 0.3) is 5.91 Å². The minimum absolute atomic E-state index is 0.173. The van der Waals surface area contributed by atoms with E-state index in [1.54, 1.807) is 12.1 Å². The van der Waals surface area contributed by atoms with Crippen LogP contribution in [0.3, 0.4) is 0 Å². The number of nitrogens with zero attached hydrogens (tertiary/aromatic N) is 2. The first-order valence-corrected chi connectivity index (χ1v) is 13.0. The van der Waals surface area contributed by atoms with Crippen molar-refractivity contribution in [3.63, 3.8) is 0 Å². The van der Waals surface area contributed by atoms with Crippen molar-refractivity contribution in [1.29, 1.82) is 0 Å². The van der Waals surface area contributed by atoms with Gasteiger partial charge in [0.15, 0.2) is 15.8 Å². The van der Waals surface area contributed by atoms with E-state index in [4.69, 9.17) is 26.4 Å². The monoisotopic (exact) mass is 518 g/mol. The second-order valence-corrected chi connectivity index (χ2v) is 9.90. The third-order valence-electron chi connectivity index (χ3n) is 6.06. The molecular formula is C28H26N2O4S2. The number of thioether (sulfide) groups is 1. The molecule has 2 aliphatic heterocycles. The molecule has 6 nitrogen and oxygen atoms in total. The van der Waals surface area contributed by atoms with Crippen molar-refractivity contribution < 1.29 is 19.0 Å². The lowest BCUT2D eigenvalue weighted by Gasteiger charge is -2.22. The maximum atomic E-state index is 13.4. The van der Waals surface area contributed by atoms with E-state index in [0.29, 0.717) is 33.0 Å². The number of carbonyl (C=O) groups is 1. The summed E-state index contributed by atoms with van der Waals surface area (Å²) in [6.07, 6.45) is 1.86. The first kappa shape index (κ1) is 24.2. The largest absolute Gasteiger partial charge is 0.488 e. The fourth-order valence-electron chi connectivity index (χ4n) is 4.14. The zero-order chi connectivity index (χ0) is 25.1. The van der Waals surface area contributed by atoms with E-state index in [-0.39, 0.29) is 12.7 Å². The molecule has 0 N–H and O–H groups in total. The molecule has 0 aliphatic carbocycles. The van der Waals surface area contributed by atoms with Crippen LogP contribution in [0.25, 0.3) is 6.08 Å². The molecule has 0 bridgehead atoms. The molecule has 0 saturated carbocycles. The molecule has 36 heavy (non-hydrogen) atoms. The highest BCUT2D eigenvalue weighted by atomic mass is 32.2. The lowest BCUT2D eigenvalue weighted by atomic mass is 10.1. The van der Waals surface area contributed by atoms with Gasteiger partial charge >= 0.3 is 0 Å². The van der Waals surface area contributed by atoms with Crippen LogP contribution < -0.4 is 24.0 Å². The quantitative estimate of drug-likeness (QED) is 0.258. The summed E-state index contributed by atoms with van der Waals surface area (Å²) < 4.78 is 17.6. The van der Waals surface area contributed by atoms with Crippen molar-refractivity contribution in [2.24, 2.45) is 0 Å². The van der Waals surface area contributed by atoms with Gasteiger partial charge in [-0.3, -0.25) is 9.69 Å². The van der Waals surface area contributed by atoms with E-state index in [2.05, 4.69) is 24.8 Å². The third kappa shape index (κ3) is 4.92. The van der Waals surface area contributed by atoms with Crippen molar-refractivity contribution in [1.82, 2.24) is 0 Å². The molecule has 0 unspecified atom stereocenters. The van der Waals surface area contributed by atoms with Gasteiger partial charge in [-0.05, 0) is 49.8 Å². The maximum Gasteiger partial charge on any atom is 0.270 e. The predicted octanol–water partition coefficient (Wildman–Crippen LogP) is 6.25. The van der Waals surface area contributed by atoms with Crippen molar-refractivity contribution >= 4 is 51.7 Å². The van der Waals surface area contributed by atoms with Gasteiger partial charge in [0.1, 0.15) is 12.4 Å². The van der Waals surface area contributed by atoms with Crippen LogP contribution in [-0.2, 0) is 11.4 Å². The number of fused-ring (bicyclic) bond motifs is 1. The summed E-state index contributed by atoms with van der Waals surface area (Å²) in [5.74, 6) is 1.81. The summed E-state index contributed by atoms with van der Waals surface area (Å²) >= 11 is 6.85. The molecular weight excluding hydrogens is 492 g/mol. The molecule has 0 atom stereocenters. The Labute approximate surface area is 220 Å². The Hall–Kier alpha value is -3.49. The van der Waals surface area contributed by atoms with Crippen LogP contribution in [0, 0.1) is 0 Å². The number of hydrogen-bond acceptors (Lipinski definition) is 7. The van der Waals surface area contributed by atoms with E-state index < -0.39 is 0 Å². The van der Waals surface area contributed by atoms with Crippen molar-refractivity contribution in [3.8, 4) is 17.2 Å². The minimum atomic E-state index is -0.175. The number of amides is 1. The molecule has 0 spiro atoms. The summed E-state index contributed by atoms with van der Waals surface area (Å²) in [5, 5.41) is 0. The summed E-state index contributed by atoms with van der Waals surface area (Å²) in [5.41, 5.74) is 3.63. The van der Waals surface area contributed by atoms with Crippen LogP contribution in [0.2, 0.25) is 0 Å². The number of hydrogen-bond donors (Lipinski definition) is 0. The second-order valence-electron chi connectivity index (χ2n) is 8.22. The predicted molar refractivity (Wildman–Crippen MR) is 149 cm³/mol.